The van der Waals surface area contributed by atoms with Crippen LogP contribution in [0.5, 0.6) is 5.75 Å². The number of hydrogen-bond acceptors (Lipinski definition) is 5. The fourth-order valence-corrected chi connectivity index (χ4v) is 5.61. The van der Waals surface area contributed by atoms with Crippen LogP contribution in [0, 0.1) is 0 Å². The predicted molar refractivity (Wildman–Crippen MR) is 117 cm³/mol. The third-order valence-corrected chi connectivity index (χ3v) is 7.41. The zero-order chi connectivity index (χ0) is 20.4. The van der Waals surface area contributed by atoms with Crippen molar-refractivity contribution in [1.82, 2.24) is 0 Å². The molecule has 7 heteroatoms. The monoisotopic (exact) mass is 418 g/mol. The second-order valence-electron chi connectivity index (χ2n) is 7.58. The predicted octanol–water partition coefficient (Wildman–Crippen LogP) is 4.68. The number of anilines is 1. The van der Waals surface area contributed by atoms with Crippen LogP contribution in [0.2, 0.25) is 0 Å². The highest BCUT2D eigenvalue weighted by molar-refractivity contribution is 8.15. The van der Waals surface area contributed by atoms with Gasteiger partial charge in [-0.25, -0.2) is 12.7 Å². The zero-order valence-electron chi connectivity index (χ0n) is 16.7. The Morgan fingerprint density at radius 3 is 2.32 bits per heavy atom. The van der Waals surface area contributed by atoms with E-state index in [0.717, 1.165) is 17.7 Å². The molecule has 0 N–H and O–H groups in total. The Morgan fingerprint density at radius 1 is 1.07 bits per heavy atom. The smallest absolute Gasteiger partial charge is 0.270 e. The van der Waals surface area contributed by atoms with E-state index >= 15 is 0 Å². The average molecular weight is 419 g/mol. The van der Waals surface area contributed by atoms with Crippen LogP contribution in [0.3, 0.4) is 0 Å². The van der Waals surface area contributed by atoms with E-state index < -0.39 is 10.0 Å². The Hall–Kier alpha value is -1.99. The number of sulfonamides is 1. The minimum atomic E-state index is -3.85. The van der Waals surface area contributed by atoms with E-state index in [4.69, 9.17) is 4.74 Å². The van der Waals surface area contributed by atoms with Gasteiger partial charge in [0.1, 0.15) is 11.4 Å². The Balaban J connectivity index is 2.12. The number of para-hydroxylation sites is 2. The molecular weight excluding hydrogens is 392 g/mol. The molecule has 0 radical (unpaired) electrons. The molecule has 2 aromatic carbocycles. The number of rotatable bonds is 4. The first-order valence-corrected chi connectivity index (χ1v) is 11.6. The van der Waals surface area contributed by atoms with Crippen molar-refractivity contribution in [2.45, 2.75) is 37.5 Å². The van der Waals surface area contributed by atoms with E-state index in [0.29, 0.717) is 23.1 Å². The first kappa shape index (κ1) is 20.7. The summed E-state index contributed by atoms with van der Waals surface area (Å²) in [6.07, 6.45) is 0.939. The van der Waals surface area contributed by atoms with Crippen LogP contribution in [-0.4, -0.2) is 33.0 Å². The van der Waals surface area contributed by atoms with Gasteiger partial charge >= 0.3 is 0 Å². The topological polar surface area (TPSA) is 59.0 Å². The number of amidine groups is 1. The maximum Gasteiger partial charge on any atom is 0.270 e. The normalized spacial score (nSPS) is 15.1. The van der Waals surface area contributed by atoms with Crippen molar-refractivity contribution in [3.63, 3.8) is 0 Å². The van der Waals surface area contributed by atoms with Gasteiger partial charge in [-0.2, -0.15) is 0 Å². The summed E-state index contributed by atoms with van der Waals surface area (Å²) in [5, 5.41) is 0.482. The maximum atomic E-state index is 13.6. The van der Waals surface area contributed by atoms with Crippen LogP contribution < -0.4 is 9.04 Å². The third kappa shape index (κ3) is 4.20. The summed E-state index contributed by atoms with van der Waals surface area (Å²) in [5.41, 5.74) is 1.51. The summed E-state index contributed by atoms with van der Waals surface area (Å²) >= 11 is 1.46. The van der Waals surface area contributed by atoms with Gasteiger partial charge in [-0.05, 0) is 41.7 Å². The molecule has 0 saturated heterocycles. The van der Waals surface area contributed by atoms with E-state index in [9.17, 15) is 8.42 Å². The summed E-state index contributed by atoms with van der Waals surface area (Å²) in [4.78, 5) is 4.74. The van der Waals surface area contributed by atoms with E-state index in [1.54, 1.807) is 30.3 Å². The molecule has 0 bridgehead atoms. The van der Waals surface area contributed by atoms with E-state index in [1.807, 2.05) is 18.2 Å². The molecule has 0 spiro atoms. The van der Waals surface area contributed by atoms with Gasteiger partial charge in [0.15, 0.2) is 5.17 Å². The molecule has 3 rings (SSSR count). The van der Waals surface area contributed by atoms with Gasteiger partial charge in [0.2, 0.25) is 0 Å². The van der Waals surface area contributed by atoms with Gasteiger partial charge in [-0.1, -0.05) is 56.8 Å². The van der Waals surface area contributed by atoms with Crippen LogP contribution in [0.15, 0.2) is 58.4 Å². The summed E-state index contributed by atoms with van der Waals surface area (Å²) in [6, 6.07) is 14.2. The van der Waals surface area contributed by atoms with Gasteiger partial charge in [0.25, 0.3) is 10.0 Å². The molecule has 0 amide bonds. The van der Waals surface area contributed by atoms with Gasteiger partial charge in [-0.15, -0.1) is 0 Å². The van der Waals surface area contributed by atoms with E-state index in [2.05, 4.69) is 25.8 Å². The number of nitrogens with zero attached hydrogens (tertiary/aromatic N) is 2. The molecule has 1 heterocycles. The number of ether oxygens (including phenoxy) is 1. The summed E-state index contributed by atoms with van der Waals surface area (Å²) in [5.74, 6) is 1.33. The Morgan fingerprint density at radius 2 is 1.75 bits per heavy atom. The van der Waals surface area contributed by atoms with Crippen molar-refractivity contribution in [2.75, 3.05) is 23.7 Å². The standard InChI is InChI=1S/C21H26N2O3S2/c1-21(2,3)16-10-12-17(13-11-16)28(24,25)23(20-22-14-7-15-27-20)18-8-5-6-9-19(18)26-4/h5-6,8-13H,7,14-15H2,1-4H3. The summed E-state index contributed by atoms with van der Waals surface area (Å²) in [6.45, 7) is 6.92. The molecule has 5 nitrogen and oxygen atoms in total. The summed E-state index contributed by atoms with van der Waals surface area (Å²) < 4.78 is 34.0. The number of hydrogen-bond donors (Lipinski definition) is 0. The van der Waals surface area contributed by atoms with Crippen LogP contribution in [-0.2, 0) is 15.4 Å². The third-order valence-electron chi connectivity index (χ3n) is 4.52. The molecule has 0 fully saturated rings. The lowest BCUT2D eigenvalue weighted by molar-refractivity contribution is 0.416. The molecular formula is C21H26N2O3S2. The molecule has 2 aromatic rings. The molecule has 1 aliphatic rings. The van der Waals surface area contributed by atoms with Crippen molar-refractivity contribution in [1.29, 1.82) is 0 Å². The van der Waals surface area contributed by atoms with Crippen LogP contribution >= 0.6 is 11.8 Å². The minimum Gasteiger partial charge on any atom is -0.495 e. The molecule has 0 atom stereocenters. The fraction of sp³-hybridized carbons (Fsp3) is 0.381. The quantitative estimate of drug-likeness (QED) is 0.723. The Labute approximate surface area is 171 Å². The van der Waals surface area contributed by atoms with Gasteiger partial charge < -0.3 is 4.74 Å². The second kappa shape index (κ2) is 8.17. The highest BCUT2D eigenvalue weighted by Gasteiger charge is 2.32. The molecule has 150 valence electrons. The van der Waals surface area contributed by atoms with Crippen molar-refractivity contribution in [3.8, 4) is 5.75 Å². The molecule has 0 unspecified atom stereocenters. The van der Waals surface area contributed by atoms with Gasteiger partial charge in [0, 0.05) is 12.3 Å². The largest absolute Gasteiger partial charge is 0.495 e. The minimum absolute atomic E-state index is 0.0477. The van der Waals surface area contributed by atoms with Crippen molar-refractivity contribution in [3.05, 3.63) is 54.1 Å². The van der Waals surface area contributed by atoms with Crippen LogP contribution in [0.1, 0.15) is 32.8 Å². The highest BCUT2D eigenvalue weighted by atomic mass is 32.2. The molecule has 28 heavy (non-hydrogen) atoms. The number of thioether (sulfide) groups is 1. The molecule has 1 aliphatic heterocycles. The number of aliphatic imine (C=N–C) groups is 1. The number of benzene rings is 2. The first-order chi connectivity index (χ1) is 13.2. The van der Waals surface area contributed by atoms with E-state index in [1.165, 1.54) is 23.2 Å². The molecule has 0 saturated carbocycles. The second-order valence-corrected chi connectivity index (χ2v) is 10.4. The first-order valence-electron chi connectivity index (χ1n) is 9.21. The Kier molecular flexibility index (Phi) is 6.05. The molecule has 0 aliphatic carbocycles. The van der Waals surface area contributed by atoms with Gasteiger partial charge in [-0.3, -0.25) is 4.99 Å². The SMILES string of the molecule is COc1ccccc1N(C1=NCCCS1)S(=O)(=O)c1ccc(C(C)(C)C)cc1. The van der Waals surface area contributed by atoms with E-state index in [-0.39, 0.29) is 10.3 Å². The lowest BCUT2D eigenvalue weighted by Gasteiger charge is -2.28. The zero-order valence-corrected chi connectivity index (χ0v) is 18.3. The van der Waals surface area contributed by atoms with Crippen molar-refractivity contribution >= 4 is 32.6 Å². The maximum absolute atomic E-state index is 13.6. The van der Waals surface area contributed by atoms with Crippen LogP contribution in [0.4, 0.5) is 5.69 Å². The number of methoxy groups -OCH3 is 1. The van der Waals surface area contributed by atoms with Crippen LogP contribution in [0.25, 0.3) is 0 Å². The van der Waals surface area contributed by atoms with Gasteiger partial charge in [0.05, 0.1) is 12.0 Å². The Bertz CT molecular complexity index is 962. The lowest BCUT2D eigenvalue weighted by Crippen LogP contribution is -2.37. The lowest BCUT2D eigenvalue weighted by atomic mass is 9.87. The fourth-order valence-electron chi connectivity index (χ4n) is 2.94. The molecule has 0 aromatic heterocycles. The highest BCUT2D eigenvalue weighted by Crippen LogP contribution is 2.36. The van der Waals surface area contributed by atoms with Crippen molar-refractivity contribution < 1.29 is 13.2 Å². The average Bonchev–Trinajstić information content (AvgIpc) is 2.68. The van der Waals surface area contributed by atoms with Crippen molar-refractivity contribution in [2.24, 2.45) is 4.99 Å². The summed E-state index contributed by atoms with van der Waals surface area (Å²) in [7, 11) is -2.31.